The Morgan fingerprint density at radius 1 is 0.972 bits per heavy atom. The number of fused-ring (bicyclic) bond motifs is 1. The van der Waals surface area contributed by atoms with Gasteiger partial charge in [-0.3, -0.25) is 4.79 Å². The molecule has 0 spiro atoms. The first-order valence-electron chi connectivity index (χ1n) is 11.6. The summed E-state index contributed by atoms with van der Waals surface area (Å²) < 4.78 is 53.1. The van der Waals surface area contributed by atoms with Crippen LogP contribution in [0, 0.1) is 13.8 Å². The predicted molar refractivity (Wildman–Crippen MR) is 130 cm³/mol. The lowest BCUT2D eigenvalue weighted by Gasteiger charge is -2.20. The Bertz CT molecular complexity index is 1430. The van der Waals surface area contributed by atoms with Gasteiger partial charge in [0.25, 0.3) is 5.76 Å². The van der Waals surface area contributed by atoms with E-state index >= 15 is 0 Å². The highest BCUT2D eigenvalue weighted by Gasteiger charge is 2.41. The molecule has 4 rings (SSSR count). The monoisotopic (exact) mass is 498 g/mol. The van der Waals surface area contributed by atoms with Crippen LogP contribution in [0.3, 0.4) is 0 Å². The van der Waals surface area contributed by atoms with Crippen LogP contribution in [0.2, 0.25) is 0 Å². The van der Waals surface area contributed by atoms with Crippen molar-refractivity contribution >= 4 is 11.0 Å². The lowest BCUT2D eigenvalue weighted by molar-refractivity contribution is -0.925. The molecule has 36 heavy (non-hydrogen) atoms. The average molecular weight is 499 g/mol. The Morgan fingerprint density at radius 3 is 2.25 bits per heavy atom. The summed E-state index contributed by atoms with van der Waals surface area (Å²) in [4.78, 5) is 14.3. The molecule has 1 atom stereocenters. The standard InChI is InChI=1S/C28H26F3NO4/c1-4-32(15-19-8-6-5-7-9-19)16-22-23(33)11-10-21-24(34)26(27(28(29,30)31)36-25(21)22)35-20-13-17(2)12-18(3)14-20/h5-14,33H,4,15-16H2,1-3H3/p+1. The normalized spacial score (nSPS) is 12.6. The summed E-state index contributed by atoms with van der Waals surface area (Å²) in [5.74, 6) is -2.60. The first kappa shape index (κ1) is 25.3. The SMILES string of the molecule is CC[NH+](Cc1ccccc1)Cc1c(O)ccc2c(=O)c(Oc3cc(C)cc(C)c3)c(C(F)(F)F)oc12. The van der Waals surface area contributed by atoms with Crippen LogP contribution in [0.15, 0.2) is 69.9 Å². The topological polar surface area (TPSA) is 64.1 Å². The summed E-state index contributed by atoms with van der Waals surface area (Å²) in [5, 5.41) is 10.5. The fourth-order valence-corrected chi connectivity index (χ4v) is 4.29. The largest absolute Gasteiger partial charge is 0.507 e. The minimum Gasteiger partial charge on any atom is -0.507 e. The number of aromatic hydroxyl groups is 1. The van der Waals surface area contributed by atoms with Gasteiger partial charge in [0.1, 0.15) is 24.6 Å². The van der Waals surface area contributed by atoms with Crippen LogP contribution >= 0.6 is 0 Å². The van der Waals surface area contributed by atoms with E-state index in [1.807, 2.05) is 43.3 Å². The van der Waals surface area contributed by atoms with Crippen molar-refractivity contribution in [3.63, 3.8) is 0 Å². The predicted octanol–water partition coefficient (Wildman–Crippen LogP) is 5.53. The molecule has 2 N–H and O–H groups in total. The van der Waals surface area contributed by atoms with E-state index in [0.717, 1.165) is 21.6 Å². The minimum atomic E-state index is -4.99. The maximum atomic E-state index is 14.1. The molecule has 0 bridgehead atoms. The van der Waals surface area contributed by atoms with Crippen LogP contribution in [0.4, 0.5) is 13.2 Å². The third-order valence-electron chi connectivity index (χ3n) is 5.99. The summed E-state index contributed by atoms with van der Waals surface area (Å²) in [7, 11) is 0. The first-order chi connectivity index (χ1) is 17.1. The van der Waals surface area contributed by atoms with Gasteiger partial charge in [-0.15, -0.1) is 0 Å². The number of hydrogen-bond donors (Lipinski definition) is 2. The van der Waals surface area contributed by atoms with Crippen molar-refractivity contribution in [1.29, 1.82) is 0 Å². The van der Waals surface area contributed by atoms with E-state index in [0.29, 0.717) is 13.1 Å². The second kappa shape index (κ2) is 10.1. The van der Waals surface area contributed by atoms with Crippen LogP contribution in [-0.2, 0) is 19.3 Å². The van der Waals surface area contributed by atoms with E-state index in [9.17, 15) is 23.1 Å². The number of benzene rings is 3. The molecule has 0 saturated carbocycles. The van der Waals surface area contributed by atoms with Gasteiger partial charge in [0, 0.05) is 5.56 Å². The Balaban J connectivity index is 1.84. The van der Waals surface area contributed by atoms with Gasteiger partial charge >= 0.3 is 6.18 Å². The summed E-state index contributed by atoms with van der Waals surface area (Å²) in [6.45, 7) is 6.87. The zero-order valence-electron chi connectivity index (χ0n) is 20.2. The molecular formula is C28H27F3NO4+. The second-order valence-corrected chi connectivity index (χ2v) is 8.90. The van der Waals surface area contributed by atoms with E-state index in [1.165, 1.54) is 12.1 Å². The molecule has 0 saturated heterocycles. The smallest absolute Gasteiger partial charge is 0.453 e. The number of rotatable bonds is 7. The maximum Gasteiger partial charge on any atom is 0.453 e. The third kappa shape index (κ3) is 5.39. The highest BCUT2D eigenvalue weighted by Crippen LogP contribution is 2.40. The molecule has 4 aromatic rings. The number of nitrogens with one attached hydrogen (secondary N) is 1. The van der Waals surface area contributed by atoms with Crippen LogP contribution < -0.4 is 15.1 Å². The molecule has 0 aliphatic rings. The Labute approximate surface area is 206 Å². The molecule has 188 valence electrons. The molecular weight excluding hydrogens is 471 g/mol. The number of hydrogen-bond acceptors (Lipinski definition) is 4. The maximum absolute atomic E-state index is 14.1. The van der Waals surface area contributed by atoms with Crippen molar-refractivity contribution in [2.24, 2.45) is 0 Å². The van der Waals surface area contributed by atoms with E-state index in [-0.39, 0.29) is 34.6 Å². The van der Waals surface area contributed by atoms with Crippen LogP contribution in [0.5, 0.6) is 17.2 Å². The van der Waals surface area contributed by atoms with Crippen molar-refractivity contribution in [2.45, 2.75) is 40.0 Å². The summed E-state index contributed by atoms with van der Waals surface area (Å²) in [6, 6.07) is 17.1. The summed E-state index contributed by atoms with van der Waals surface area (Å²) in [5.41, 5.74) is 1.48. The van der Waals surface area contributed by atoms with Gasteiger partial charge in [-0.05, 0) is 56.2 Å². The van der Waals surface area contributed by atoms with Crippen LogP contribution in [-0.4, -0.2) is 11.7 Å². The molecule has 3 aromatic carbocycles. The third-order valence-corrected chi connectivity index (χ3v) is 5.99. The van der Waals surface area contributed by atoms with Gasteiger partial charge in [-0.1, -0.05) is 36.4 Å². The zero-order valence-corrected chi connectivity index (χ0v) is 20.2. The molecule has 1 unspecified atom stereocenters. The van der Waals surface area contributed by atoms with Gasteiger partial charge in [0.15, 0.2) is 5.58 Å². The molecule has 5 nitrogen and oxygen atoms in total. The van der Waals surface area contributed by atoms with Crippen molar-refractivity contribution in [3.8, 4) is 17.2 Å². The quantitative estimate of drug-likeness (QED) is 0.352. The Kier molecular flexibility index (Phi) is 7.08. The number of phenols is 1. The lowest BCUT2D eigenvalue weighted by atomic mass is 10.1. The first-order valence-corrected chi connectivity index (χ1v) is 11.6. The van der Waals surface area contributed by atoms with E-state index < -0.39 is 23.1 Å². The fraction of sp³-hybridized carbons (Fsp3) is 0.250. The second-order valence-electron chi connectivity index (χ2n) is 8.90. The zero-order chi connectivity index (χ0) is 26.0. The number of phenolic OH excluding ortho intramolecular Hbond substituents is 1. The van der Waals surface area contributed by atoms with Gasteiger partial charge in [-0.2, -0.15) is 13.2 Å². The van der Waals surface area contributed by atoms with Crippen LogP contribution in [0.25, 0.3) is 11.0 Å². The lowest BCUT2D eigenvalue weighted by Crippen LogP contribution is -3.09. The van der Waals surface area contributed by atoms with Crippen molar-refractivity contribution in [1.82, 2.24) is 0 Å². The van der Waals surface area contributed by atoms with Crippen molar-refractivity contribution in [2.75, 3.05) is 6.54 Å². The van der Waals surface area contributed by atoms with Gasteiger partial charge in [-0.25, -0.2) is 0 Å². The summed E-state index contributed by atoms with van der Waals surface area (Å²) in [6.07, 6.45) is -4.99. The molecule has 1 heterocycles. The van der Waals surface area contributed by atoms with E-state index in [1.54, 1.807) is 26.0 Å². The number of ether oxygens (including phenoxy) is 1. The molecule has 0 aliphatic heterocycles. The Hall–Kier alpha value is -3.78. The number of alkyl halides is 3. The molecule has 0 fully saturated rings. The fourth-order valence-electron chi connectivity index (χ4n) is 4.29. The molecule has 0 radical (unpaired) electrons. The average Bonchev–Trinajstić information content (AvgIpc) is 2.81. The minimum absolute atomic E-state index is 0.0923. The Morgan fingerprint density at radius 2 is 1.64 bits per heavy atom. The highest BCUT2D eigenvalue weighted by molar-refractivity contribution is 5.83. The molecule has 8 heteroatoms. The summed E-state index contributed by atoms with van der Waals surface area (Å²) >= 11 is 0. The van der Waals surface area contributed by atoms with Gasteiger partial charge in [0.05, 0.1) is 17.5 Å². The van der Waals surface area contributed by atoms with Gasteiger partial charge in [0.2, 0.25) is 11.2 Å². The van der Waals surface area contributed by atoms with Crippen molar-refractivity contribution in [3.05, 3.63) is 98.9 Å². The van der Waals surface area contributed by atoms with E-state index in [4.69, 9.17) is 9.15 Å². The van der Waals surface area contributed by atoms with Crippen LogP contribution in [0.1, 0.15) is 34.9 Å². The number of quaternary nitrogens is 1. The highest BCUT2D eigenvalue weighted by atomic mass is 19.4. The van der Waals surface area contributed by atoms with Crippen molar-refractivity contribution < 1.29 is 32.3 Å². The number of aryl methyl sites for hydroxylation is 2. The molecule has 1 aromatic heterocycles. The molecule has 0 aliphatic carbocycles. The van der Waals surface area contributed by atoms with Gasteiger partial charge < -0.3 is 19.2 Å². The molecule has 0 amide bonds. The number of halogens is 3. The van der Waals surface area contributed by atoms with E-state index in [2.05, 4.69) is 0 Å².